The second-order valence-corrected chi connectivity index (χ2v) is 5.83. The minimum absolute atomic E-state index is 0.0747. The van der Waals surface area contributed by atoms with E-state index in [4.69, 9.17) is 5.11 Å². The summed E-state index contributed by atoms with van der Waals surface area (Å²) >= 11 is 4.41. The average Bonchev–Trinajstić information content (AvgIpc) is 2.49. The van der Waals surface area contributed by atoms with Gasteiger partial charge in [0, 0.05) is 5.92 Å². The van der Waals surface area contributed by atoms with Gasteiger partial charge >= 0.3 is 5.97 Å². The number of hydrogen-bond donors (Lipinski definition) is 2. The van der Waals surface area contributed by atoms with Crippen LogP contribution in [-0.2, 0) is 9.59 Å². The van der Waals surface area contributed by atoms with E-state index in [1.807, 2.05) is 6.92 Å². The Labute approximate surface area is 138 Å². The first-order valence-corrected chi connectivity index (χ1v) is 8.50. The lowest BCUT2D eigenvalue weighted by Crippen LogP contribution is -2.45. The summed E-state index contributed by atoms with van der Waals surface area (Å²) in [6.45, 7) is 3.95. The molecule has 126 valence electrons. The van der Waals surface area contributed by atoms with Crippen molar-refractivity contribution in [2.45, 2.75) is 71.3 Å². The predicted molar refractivity (Wildman–Crippen MR) is 91.2 cm³/mol. The molecule has 2 atom stereocenters. The first-order chi connectivity index (χ1) is 10.5. The van der Waals surface area contributed by atoms with Crippen molar-refractivity contribution in [3.63, 3.8) is 0 Å². The quantitative estimate of drug-likeness (QED) is 0.308. The van der Waals surface area contributed by atoms with Gasteiger partial charge in [-0.05, 0) is 18.6 Å². The van der Waals surface area contributed by atoms with E-state index in [0.717, 1.165) is 19.3 Å². The number of rotatable bonds is 13. The van der Waals surface area contributed by atoms with Crippen molar-refractivity contribution in [1.82, 2.24) is 5.32 Å². The molecule has 0 aliphatic carbocycles. The number of thiocarbonyl (C=S) groups is 1. The first kappa shape index (κ1) is 20.7. The van der Waals surface area contributed by atoms with Gasteiger partial charge in [-0.15, -0.1) is 0 Å². The maximum atomic E-state index is 12.0. The highest BCUT2D eigenvalue weighted by Gasteiger charge is 2.22. The molecule has 0 saturated carbocycles. The Hall–Kier alpha value is -1.26. The van der Waals surface area contributed by atoms with Gasteiger partial charge in [0.2, 0.25) is 5.91 Å². The molecule has 1 amide bonds. The highest BCUT2D eigenvalue weighted by Crippen LogP contribution is 2.13. The zero-order valence-electron chi connectivity index (χ0n) is 13.6. The Morgan fingerprint density at radius 3 is 2.32 bits per heavy atom. The van der Waals surface area contributed by atoms with Crippen molar-refractivity contribution < 1.29 is 14.7 Å². The Kier molecular flexibility index (Phi) is 12.6. The third-order valence-electron chi connectivity index (χ3n) is 3.64. The average molecular weight is 328 g/mol. The van der Waals surface area contributed by atoms with Crippen molar-refractivity contribution in [3.05, 3.63) is 0 Å². The largest absolute Gasteiger partial charge is 0.480 e. The van der Waals surface area contributed by atoms with Gasteiger partial charge in [-0.3, -0.25) is 4.79 Å². The van der Waals surface area contributed by atoms with Crippen LogP contribution in [-0.4, -0.2) is 34.7 Å². The number of isothiocyanates is 1. The van der Waals surface area contributed by atoms with Crippen molar-refractivity contribution >= 4 is 29.3 Å². The summed E-state index contributed by atoms with van der Waals surface area (Å²) in [5, 5.41) is 13.6. The lowest BCUT2D eigenvalue weighted by atomic mass is 10.0. The number of carboxylic acids is 1. The van der Waals surface area contributed by atoms with Crippen molar-refractivity contribution in [3.8, 4) is 0 Å². The molecular formula is C16H28N2O3S. The van der Waals surface area contributed by atoms with Crippen LogP contribution >= 0.6 is 12.2 Å². The minimum atomic E-state index is -1.11. The summed E-state index contributed by atoms with van der Waals surface area (Å²) in [4.78, 5) is 26.6. The predicted octanol–water partition coefficient (Wildman–Crippen LogP) is 3.44. The molecule has 0 heterocycles. The van der Waals surface area contributed by atoms with E-state index in [-0.39, 0.29) is 18.4 Å². The second kappa shape index (κ2) is 13.4. The minimum Gasteiger partial charge on any atom is -0.480 e. The highest BCUT2D eigenvalue weighted by molar-refractivity contribution is 7.78. The fraction of sp³-hybridized carbons (Fsp3) is 0.812. The third kappa shape index (κ3) is 10.5. The number of unbranched alkanes of at least 4 members (excludes halogenated alkanes) is 6. The van der Waals surface area contributed by atoms with Crippen LogP contribution in [0.2, 0.25) is 0 Å². The van der Waals surface area contributed by atoms with Gasteiger partial charge < -0.3 is 10.4 Å². The molecule has 5 nitrogen and oxygen atoms in total. The molecule has 0 radical (unpaired) electrons. The molecule has 0 spiro atoms. The number of aliphatic imine (C=N–C) groups is 1. The number of aliphatic carboxylic acids is 1. The molecule has 22 heavy (non-hydrogen) atoms. The molecule has 0 fully saturated rings. The highest BCUT2D eigenvalue weighted by atomic mass is 32.1. The zero-order chi connectivity index (χ0) is 16.8. The Morgan fingerprint density at radius 2 is 1.77 bits per heavy atom. The molecular weight excluding hydrogens is 300 g/mol. The number of amides is 1. The van der Waals surface area contributed by atoms with Crippen LogP contribution in [0.15, 0.2) is 4.99 Å². The van der Waals surface area contributed by atoms with Crippen LogP contribution in [0.4, 0.5) is 0 Å². The van der Waals surface area contributed by atoms with E-state index in [1.165, 1.54) is 32.1 Å². The van der Waals surface area contributed by atoms with Crippen LogP contribution < -0.4 is 5.32 Å². The first-order valence-electron chi connectivity index (χ1n) is 8.09. The summed E-state index contributed by atoms with van der Waals surface area (Å²) in [5.74, 6) is -1.53. The maximum absolute atomic E-state index is 12.0. The normalized spacial score (nSPS) is 13.0. The van der Waals surface area contributed by atoms with E-state index in [2.05, 4.69) is 34.6 Å². The van der Waals surface area contributed by atoms with Crippen LogP contribution in [0, 0.1) is 5.92 Å². The van der Waals surface area contributed by atoms with E-state index in [0.29, 0.717) is 0 Å². The smallest absolute Gasteiger partial charge is 0.328 e. The number of carboxylic acid groups (broad SMARTS) is 1. The third-order valence-corrected chi connectivity index (χ3v) is 3.77. The second-order valence-electron chi connectivity index (χ2n) is 5.64. The van der Waals surface area contributed by atoms with Crippen LogP contribution in [0.1, 0.15) is 65.2 Å². The standard InChI is InChI=1S/C16H28N2O3S/c1-3-4-5-6-7-8-9-10-13(2)15(19)18-14(16(20)21)11-17-12-22/h13-14H,3-11H2,1-2H3,(H,18,19)(H,20,21). The number of carbonyl (C=O) groups excluding carboxylic acids is 1. The summed E-state index contributed by atoms with van der Waals surface area (Å²) in [6, 6.07) is -1.03. The monoisotopic (exact) mass is 328 g/mol. The summed E-state index contributed by atoms with van der Waals surface area (Å²) in [5.41, 5.74) is 0. The van der Waals surface area contributed by atoms with Crippen molar-refractivity contribution in [2.24, 2.45) is 10.9 Å². The van der Waals surface area contributed by atoms with Gasteiger partial charge in [-0.2, -0.15) is 0 Å². The van der Waals surface area contributed by atoms with Crippen molar-refractivity contribution in [2.75, 3.05) is 6.54 Å². The van der Waals surface area contributed by atoms with E-state index < -0.39 is 12.0 Å². The lowest BCUT2D eigenvalue weighted by Gasteiger charge is -2.16. The fourth-order valence-electron chi connectivity index (χ4n) is 2.17. The number of nitrogens with one attached hydrogen (secondary N) is 1. The van der Waals surface area contributed by atoms with Crippen LogP contribution in [0.5, 0.6) is 0 Å². The number of carbonyl (C=O) groups is 2. The molecule has 0 aromatic rings. The summed E-state index contributed by atoms with van der Waals surface area (Å²) in [6.07, 6.45) is 9.18. The Morgan fingerprint density at radius 1 is 1.18 bits per heavy atom. The summed E-state index contributed by atoms with van der Waals surface area (Å²) < 4.78 is 0. The lowest BCUT2D eigenvalue weighted by molar-refractivity contribution is -0.142. The van der Waals surface area contributed by atoms with E-state index >= 15 is 0 Å². The van der Waals surface area contributed by atoms with Gasteiger partial charge in [-0.1, -0.05) is 58.8 Å². The molecule has 2 unspecified atom stereocenters. The Bertz CT molecular complexity index is 382. The number of nitrogens with zero attached hydrogens (tertiary/aromatic N) is 1. The van der Waals surface area contributed by atoms with Crippen molar-refractivity contribution in [1.29, 1.82) is 0 Å². The van der Waals surface area contributed by atoms with Crippen LogP contribution in [0.25, 0.3) is 0 Å². The molecule has 0 aliphatic heterocycles. The van der Waals surface area contributed by atoms with E-state index in [9.17, 15) is 9.59 Å². The molecule has 0 aromatic carbocycles. The molecule has 0 bridgehead atoms. The van der Waals surface area contributed by atoms with Gasteiger partial charge in [0.15, 0.2) is 0 Å². The van der Waals surface area contributed by atoms with Gasteiger partial charge in [0.05, 0.1) is 11.7 Å². The molecule has 2 N–H and O–H groups in total. The molecule has 0 aliphatic rings. The maximum Gasteiger partial charge on any atom is 0.328 e. The number of hydrogen-bond acceptors (Lipinski definition) is 4. The molecule has 0 saturated heterocycles. The topological polar surface area (TPSA) is 78.8 Å². The molecule has 0 aromatic heterocycles. The summed E-state index contributed by atoms with van der Waals surface area (Å²) in [7, 11) is 0. The van der Waals surface area contributed by atoms with Crippen LogP contribution in [0.3, 0.4) is 0 Å². The van der Waals surface area contributed by atoms with Gasteiger partial charge in [0.1, 0.15) is 6.04 Å². The Balaban J connectivity index is 3.94. The zero-order valence-corrected chi connectivity index (χ0v) is 14.5. The van der Waals surface area contributed by atoms with E-state index in [1.54, 1.807) is 0 Å². The molecule has 6 heteroatoms. The fourth-order valence-corrected chi connectivity index (χ4v) is 2.24. The SMILES string of the molecule is CCCCCCCCCC(C)C(=O)NC(CN=C=S)C(=O)O. The van der Waals surface area contributed by atoms with Gasteiger partial charge in [0.25, 0.3) is 0 Å². The van der Waals surface area contributed by atoms with Gasteiger partial charge in [-0.25, -0.2) is 9.79 Å². The molecule has 0 rings (SSSR count).